The van der Waals surface area contributed by atoms with Crippen molar-refractivity contribution in [1.29, 1.82) is 0 Å². The Morgan fingerprint density at radius 1 is 1.03 bits per heavy atom. The van der Waals surface area contributed by atoms with Crippen LogP contribution in [0, 0.1) is 5.82 Å². The third-order valence-corrected chi connectivity index (χ3v) is 7.37. The van der Waals surface area contributed by atoms with Gasteiger partial charge in [-0.2, -0.15) is 5.10 Å². The number of ether oxygens (including phenoxy) is 1. The van der Waals surface area contributed by atoms with E-state index in [0.717, 1.165) is 60.6 Å². The number of benzene rings is 1. The molecule has 0 unspecified atom stereocenters. The Kier molecular flexibility index (Phi) is 5.95. The molecule has 1 aromatic carbocycles. The Morgan fingerprint density at radius 2 is 1.91 bits per heavy atom. The van der Waals surface area contributed by atoms with E-state index in [1.807, 2.05) is 23.0 Å². The summed E-state index contributed by atoms with van der Waals surface area (Å²) in [5.41, 5.74) is 4.20. The van der Waals surface area contributed by atoms with Crippen LogP contribution in [-0.2, 0) is 0 Å². The fraction of sp³-hybridized carbons (Fsp3) is 0.423. The molecule has 0 aliphatic carbocycles. The molecule has 2 aliphatic rings. The number of anilines is 1. The molecule has 2 saturated heterocycles. The summed E-state index contributed by atoms with van der Waals surface area (Å²) < 4.78 is 21.2. The van der Waals surface area contributed by atoms with Gasteiger partial charge in [0.25, 0.3) is 0 Å². The zero-order valence-electron chi connectivity index (χ0n) is 20.0. The molecule has 4 aromatic rings. The first-order valence-corrected chi connectivity index (χ1v) is 12.4. The summed E-state index contributed by atoms with van der Waals surface area (Å²) in [6.07, 6.45) is 11.1. The van der Waals surface area contributed by atoms with Crippen molar-refractivity contribution in [2.45, 2.75) is 25.3 Å². The van der Waals surface area contributed by atoms with E-state index in [0.29, 0.717) is 11.6 Å². The number of nitrogens with zero attached hydrogens (tertiary/aromatic N) is 6. The second-order valence-corrected chi connectivity index (χ2v) is 9.36. The van der Waals surface area contributed by atoms with Crippen LogP contribution < -0.4 is 15.0 Å². The van der Waals surface area contributed by atoms with Crippen molar-refractivity contribution in [3.8, 4) is 16.9 Å². The molecule has 2 aliphatic heterocycles. The van der Waals surface area contributed by atoms with E-state index in [-0.39, 0.29) is 5.75 Å². The Balaban J connectivity index is 1.25. The van der Waals surface area contributed by atoms with Gasteiger partial charge in [0.1, 0.15) is 0 Å². The number of pyridine rings is 1. The van der Waals surface area contributed by atoms with Crippen molar-refractivity contribution >= 4 is 22.2 Å². The maximum Gasteiger partial charge on any atom is 0.167 e. The van der Waals surface area contributed by atoms with E-state index >= 15 is 0 Å². The third-order valence-electron chi connectivity index (χ3n) is 7.37. The van der Waals surface area contributed by atoms with E-state index in [9.17, 15) is 4.39 Å². The lowest BCUT2D eigenvalue weighted by molar-refractivity contribution is 0.180. The molecular weight excluding hydrogens is 445 g/mol. The number of aromatic nitrogens is 4. The average molecular weight is 476 g/mol. The van der Waals surface area contributed by atoms with Crippen LogP contribution in [0.4, 0.5) is 10.1 Å². The van der Waals surface area contributed by atoms with Gasteiger partial charge >= 0.3 is 0 Å². The summed E-state index contributed by atoms with van der Waals surface area (Å²) in [5, 5.41) is 8.91. The number of halogens is 1. The summed E-state index contributed by atoms with van der Waals surface area (Å²) in [5.74, 6) is -0.234. The van der Waals surface area contributed by atoms with Crippen molar-refractivity contribution in [2.24, 2.45) is 0 Å². The predicted molar refractivity (Wildman–Crippen MR) is 135 cm³/mol. The highest BCUT2D eigenvalue weighted by Gasteiger charge is 2.25. The maximum absolute atomic E-state index is 14.2. The summed E-state index contributed by atoms with van der Waals surface area (Å²) in [4.78, 5) is 14.2. The Labute approximate surface area is 203 Å². The molecule has 3 aromatic heterocycles. The van der Waals surface area contributed by atoms with E-state index in [2.05, 4.69) is 31.4 Å². The molecule has 6 rings (SSSR count). The first-order chi connectivity index (χ1) is 17.2. The van der Waals surface area contributed by atoms with Crippen molar-refractivity contribution < 1.29 is 9.13 Å². The topological polar surface area (TPSA) is 70.8 Å². The number of methoxy groups -OCH3 is 1. The van der Waals surface area contributed by atoms with Crippen LogP contribution in [-0.4, -0.2) is 76.9 Å². The van der Waals surface area contributed by atoms with Gasteiger partial charge in [-0.3, -0.25) is 9.88 Å². The predicted octanol–water partition coefficient (Wildman–Crippen LogP) is 3.36. The number of nitrogens with one attached hydrogen (secondary N) is 1. The highest BCUT2D eigenvalue weighted by Crippen LogP contribution is 2.34. The molecule has 8 nitrogen and oxygen atoms in total. The van der Waals surface area contributed by atoms with Gasteiger partial charge in [0.05, 0.1) is 36.9 Å². The molecule has 0 radical (unpaired) electrons. The number of hydrogen-bond acceptors (Lipinski definition) is 7. The van der Waals surface area contributed by atoms with Gasteiger partial charge in [0.15, 0.2) is 17.2 Å². The zero-order chi connectivity index (χ0) is 23.8. The molecule has 0 spiro atoms. The lowest BCUT2D eigenvalue weighted by Crippen LogP contribution is -2.46. The van der Waals surface area contributed by atoms with Crippen LogP contribution in [0.2, 0.25) is 0 Å². The molecule has 182 valence electrons. The molecule has 0 bridgehead atoms. The van der Waals surface area contributed by atoms with Crippen molar-refractivity contribution in [3.05, 3.63) is 48.8 Å². The van der Waals surface area contributed by atoms with Crippen molar-refractivity contribution in [1.82, 2.24) is 29.8 Å². The van der Waals surface area contributed by atoms with Crippen LogP contribution in [0.15, 0.2) is 43.0 Å². The largest absolute Gasteiger partial charge is 0.494 e. The first-order valence-electron chi connectivity index (χ1n) is 12.4. The summed E-state index contributed by atoms with van der Waals surface area (Å²) in [6, 6.07) is 5.67. The molecule has 0 saturated carbocycles. The van der Waals surface area contributed by atoms with Gasteiger partial charge in [-0.05, 0) is 50.0 Å². The first kappa shape index (κ1) is 22.2. The van der Waals surface area contributed by atoms with Gasteiger partial charge in [-0.15, -0.1) is 0 Å². The molecule has 35 heavy (non-hydrogen) atoms. The monoisotopic (exact) mass is 475 g/mol. The SMILES string of the molecule is COc1cc2c(-c3cnn4cc(N5CCC(N6CCCNCC6)CC5)cnc34)ccnc2cc1F. The van der Waals surface area contributed by atoms with Gasteiger partial charge < -0.3 is 15.0 Å². The number of hydrogen-bond donors (Lipinski definition) is 1. The molecule has 5 heterocycles. The Bertz CT molecular complexity index is 1340. The van der Waals surface area contributed by atoms with Gasteiger partial charge in [-0.25, -0.2) is 13.9 Å². The summed E-state index contributed by atoms with van der Waals surface area (Å²) in [7, 11) is 1.46. The summed E-state index contributed by atoms with van der Waals surface area (Å²) in [6.45, 7) is 6.62. The van der Waals surface area contributed by atoms with E-state index in [1.165, 1.54) is 39.0 Å². The Hall–Kier alpha value is -3.30. The van der Waals surface area contributed by atoms with Crippen LogP contribution in [0.3, 0.4) is 0 Å². The maximum atomic E-state index is 14.2. The minimum Gasteiger partial charge on any atom is -0.494 e. The molecule has 2 fully saturated rings. The molecule has 9 heteroatoms. The normalized spacial score (nSPS) is 18.3. The third kappa shape index (κ3) is 4.19. The fourth-order valence-electron chi connectivity index (χ4n) is 5.48. The van der Waals surface area contributed by atoms with Crippen LogP contribution in [0.25, 0.3) is 27.7 Å². The van der Waals surface area contributed by atoms with E-state index in [4.69, 9.17) is 9.72 Å². The quantitative estimate of drug-likeness (QED) is 0.485. The highest BCUT2D eigenvalue weighted by atomic mass is 19.1. The highest BCUT2D eigenvalue weighted by molar-refractivity contribution is 5.98. The minimum atomic E-state index is -0.427. The number of rotatable bonds is 4. The smallest absolute Gasteiger partial charge is 0.167 e. The summed E-state index contributed by atoms with van der Waals surface area (Å²) >= 11 is 0. The lowest BCUT2D eigenvalue weighted by atomic mass is 10.0. The van der Waals surface area contributed by atoms with Crippen LogP contribution in [0.5, 0.6) is 5.75 Å². The molecule has 1 N–H and O–H groups in total. The van der Waals surface area contributed by atoms with Crippen LogP contribution >= 0.6 is 0 Å². The van der Waals surface area contributed by atoms with Crippen molar-refractivity contribution in [2.75, 3.05) is 51.3 Å². The molecular formula is C26H30FN7O. The van der Waals surface area contributed by atoms with Gasteiger partial charge in [0.2, 0.25) is 0 Å². The second-order valence-electron chi connectivity index (χ2n) is 9.36. The minimum absolute atomic E-state index is 0.193. The number of fused-ring (bicyclic) bond motifs is 2. The standard InChI is InChI=1S/C26H30FN7O/c1-35-25-13-21-20(3-7-29-24(21)14-23(25)27)22-16-31-34-17-19(15-30-26(22)34)33-10-4-18(5-11-33)32-9-2-6-28-8-12-32/h3,7,13-18,28H,2,4-6,8-12H2,1H3. The van der Waals surface area contributed by atoms with E-state index in [1.54, 1.807) is 12.3 Å². The van der Waals surface area contributed by atoms with Gasteiger partial charge in [-0.1, -0.05) is 0 Å². The number of piperidine rings is 1. The van der Waals surface area contributed by atoms with E-state index < -0.39 is 5.82 Å². The second kappa shape index (κ2) is 9.39. The fourth-order valence-corrected chi connectivity index (χ4v) is 5.48. The van der Waals surface area contributed by atoms with Gasteiger partial charge in [0, 0.05) is 55.4 Å². The Morgan fingerprint density at radius 3 is 2.77 bits per heavy atom. The zero-order valence-corrected chi connectivity index (χ0v) is 20.0. The average Bonchev–Trinajstić information content (AvgIpc) is 3.12. The van der Waals surface area contributed by atoms with Crippen LogP contribution in [0.1, 0.15) is 19.3 Å². The van der Waals surface area contributed by atoms with Crippen molar-refractivity contribution in [3.63, 3.8) is 0 Å². The molecule has 0 amide bonds. The molecule has 0 atom stereocenters. The lowest BCUT2D eigenvalue weighted by Gasteiger charge is -2.38.